The van der Waals surface area contributed by atoms with Crippen LogP contribution in [0, 0.1) is 0 Å². The van der Waals surface area contributed by atoms with E-state index >= 15 is 0 Å². The lowest BCUT2D eigenvalue weighted by Gasteiger charge is -2.08. The SMILES string of the molecule is CCCc1oc2cc(CC(=O)Cc3ccccc3)c(O)cc2c1C(=O)c1cc(N)c(O)c(N)c1. The van der Waals surface area contributed by atoms with Crippen molar-refractivity contribution in [1.29, 1.82) is 0 Å². The second-order valence-corrected chi connectivity index (χ2v) is 8.34. The monoisotopic (exact) mass is 458 g/mol. The number of ketones is 2. The number of phenols is 2. The van der Waals surface area contributed by atoms with Gasteiger partial charge in [-0.3, -0.25) is 9.59 Å². The summed E-state index contributed by atoms with van der Waals surface area (Å²) in [6.45, 7) is 1.96. The topological polar surface area (TPSA) is 140 Å². The van der Waals surface area contributed by atoms with Crippen LogP contribution in [0.2, 0.25) is 0 Å². The third-order valence-corrected chi connectivity index (χ3v) is 5.73. The van der Waals surface area contributed by atoms with Crippen molar-refractivity contribution in [2.75, 3.05) is 11.5 Å². The minimum atomic E-state index is -0.382. The minimum Gasteiger partial charge on any atom is -0.508 e. The number of rotatable bonds is 8. The predicted octanol–water partition coefficient (Wildman–Crippen LogP) is 4.55. The fraction of sp³-hybridized carbons (Fsp3) is 0.185. The highest BCUT2D eigenvalue weighted by atomic mass is 16.3. The maximum Gasteiger partial charge on any atom is 0.197 e. The van der Waals surface area contributed by atoms with Crippen molar-refractivity contribution in [1.82, 2.24) is 0 Å². The quantitative estimate of drug-likeness (QED) is 0.173. The number of hydrogen-bond acceptors (Lipinski definition) is 7. The largest absolute Gasteiger partial charge is 0.508 e. The van der Waals surface area contributed by atoms with Gasteiger partial charge in [0.25, 0.3) is 0 Å². The number of benzene rings is 3. The molecule has 0 unspecified atom stereocenters. The van der Waals surface area contributed by atoms with Gasteiger partial charge in [-0.2, -0.15) is 0 Å². The van der Waals surface area contributed by atoms with Crippen molar-refractivity contribution in [3.8, 4) is 11.5 Å². The highest BCUT2D eigenvalue weighted by Gasteiger charge is 2.24. The summed E-state index contributed by atoms with van der Waals surface area (Å²) in [5.74, 6) is -0.318. The summed E-state index contributed by atoms with van der Waals surface area (Å²) >= 11 is 0. The predicted molar refractivity (Wildman–Crippen MR) is 131 cm³/mol. The summed E-state index contributed by atoms with van der Waals surface area (Å²) in [5, 5.41) is 21.0. The molecule has 0 aliphatic heterocycles. The molecule has 0 spiro atoms. The van der Waals surface area contributed by atoms with Gasteiger partial charge < -0.3 is 26.1 Å². The Kier molecular flexibility index (Phi) is 6.27. The highest BCUT2D eigenvalue weighted by molar-refractivity contribution is 6.18. The van der Waals surface area contributed by atoms with E-state index in [4.69, 9.17) is 15.9 Å². The number of anilines is 2. The summed E-state index contributed by atoms with van der Waals surface area (Å²) in [4.78, 5) is 26.0. The lowest BCUT2D eigenvalue weighted by molar-refractivity contribution is -0.117. The third kappa shape index (κ3) is 4.45. The smallest absolute Gasteiger partial charge is 0.197 e. The number of Topliss-reactive ketones (excluding diaryl/α,β-unsaturated/α-hetero) is 1. The van der Waals surface area contributed by atoms with Gasteiger partial charge in [0.05, 0.1) is 16.9 Å². The molecule has 0 atom stereocenters. The molecule has 1 aromatic heterocycles. The molecule has 0 amide bonds. The average molecular weight is 459 g/mol. The molecule has 6 N–H and O–H groups in total. The van der Waals surface area contributed by atoms with E-state index in [0.717, 1.165) is 12.0 Å². The zero-order valence-electron chi connectivity index (χ0n) is 18.8. The summed E-state index contributed by atoms with van der Waals surface area (Å²) in [6, 6.07) is 15.2. The van der Waals surface area contributed by atoms with Gasteiger partial charge in [-0.05, 0) is 36.2 Å². The Bertz CT molecular complexity index is 1370. The van der Waals surface area contributed by atoms with Gasteiger partial charge >= 0.3 is 0 Å². The number of hydrogen-bond donors (Lipinski definition) is 4. The summed E-state index contributed by atoms with van der Waals surface area (Å²) in [6.07, 6.45) is 1.52. The van der Waals surface area contributed by atoms with Gasteiger partial charge in [-0.25, -0.2) is 0 Å². The maximum atomic E-state index is 13.4. The Labute approximate surface area is 196 Å². The van der Waals surface area contributed by atoms with Crippen LogP contribution in [0.15, 0.2) is 59.0 Å². The normalized spacial score (nSPS) is 11.1. The van der Waals surface area contributed by atoms with Crippen LogP contribution in [0.25, 0.3) is 11.0 Å². The second-order valence-electron chi connectivity index (χ2n) is 8.34. The summed E-state index contributed by atoms with van der Waals surface area (Å²) < 4.78 is 6.01. The van der Waals surface area contributed by atoms with Crippen molar-refractivity contribution >= 4 is 33.9 Å². The molecular weight excluding hydrogens is 432 g/mol. The molecule has 0 fully saturated rings. The molecule has 0 saturated carbocycles. The van der Waals surface area contributed by atoms with E-state index in [0.29, 0.717) is 34.3 Å². The number of nitrogens with two attached hydrogens (primary N) is 2. The third-order valence-electron chi connectivity index (χ3n) is 5.73. The number of phenolic OH excluding ortho intramolecular Hbond substituents is 2. The molecule has 3 aromatic carbocycles. The van der Waals surface area contributed by atoms with Gasteiger partial charge in [0, 0.05) is 35.8 Å². The average Bonchev–Trinajstić information content (AvgIpc) is 3.14. The fourth-order valence-corrected chi connectivity index (χ4v) is 4.07. The van der Waals surface area contributed by atoms with Crippen LogP contribution < -0.4 is 11.5 Å². The van der Waals surface area contributed by atoms with E-state index in [1.165, 1.54) is 18.2 Å². The Balaban J connectivity index is 1.72. The molecule has 4 rings (SSSR count). The first-order chi connectivity index (χ1) is 16.3. The Morgan fingerprint density at radius 3 is 2.26 bits per heavy atom. The second kappa shape index (κ2) is 9.31. The van der Waals surface area contributed by atoms with E-state index in [1.807, 2.05) is 37.3 Å². The van der Waals surface area contributed by atoms with Crippen LogP contribution in [-0.2, 0) is 24.1 Å². The first-order valence-corrected chi connectivity index (χ1v) is 11.0. The van der Waals surface area contributed by atoms with Crippen LogP contribution in [-0.4, -0.2) is 21.8 Å². The maximum absolute atomic E-state index is 13.4. The molecule has 0 saturated heterocycles. The van der Waals surface area contributed by atoms with Gasteiger partial charge in [0.2, 0.25) is 0 Å². The molecule has 7 nitrogen and oxygen atoms in total. The fourth-order valence-electron chi connectivity index (χ4n) is 4.07. The number of fused-ring (bicyclic) bond motifs is 1. The lowest BCUT2D eigenvalue weighted by Crippen LogP contribution is -2.07. The first-order valence-electron chi connectivity index (χ1n) is 11.0. The number of nitrogen functional groups attached to an aromatic ring is 2. The van der Waals surface area contributed by atoms with E-state index in [9.17, 15) is 19.8 Å². The van der Waals surface area contributed by atoms with Crippen LogP contribution >= 0.6 is 0 Å². The van der Waals surface area contributed by atoms with Crippen molar-refractivity contribution in [2.24, 2.45) is 0 Å². The Morgan fingerprint density at radius 2 is 1.62 bits per heavy atom. The van der Waals surface area contributed by atoms with Gasteiger partial charge in [-0.15, -0.1) is 0 Å². The zero-order valence-corrected chi connectivity index (χ0v) is 18.8. The van der Waals surface area contributed by atoms with Crippen molar-refractivity contribution < 1.29 is 24.2 Å². The van der Waals surface area contributed by atoms with E-state index in [2.05, 4.69) is 0 Å². The Morgan fingerprint density at radius 1 is 0.941 bits per heavy atom. The number of furan rings is 1. The first kappa shape index (κ1) is 22.9. The van der Waals surface area contributed by atoms with Gasteiger partial charge in [0.15, 0.2) is 11.5 Å². The van der Waals surface area contributed by atoms with Crippen molar-refractivity contribution in [3.63, 3.8) is 0 Å². The van der Waals surface area contributed by atoms with Crippen molar-refractivity contribution in [2.45, 2.75) is 32.6 Å². The standard InChI is InChI=1S/C27H26N2O5/c1-2-6-23-25(26(32)17-11-20(28)27(33)21(29)12-17)19-14-22(31)16(13-24(19)34-23)10-18(30)9-15-7-4-3-5-8-15/h3-5,7-8,11-14,31,33H,2,6,9-10,28-29H2,1H3. The molecule has 7 heteroatoms. The number of carbonyl (C=O) groups excluding carboxylic acids is 2. The minimum absolute atomic E-state index is 0.00439. The summed E-state index contributed by atoms with van der Waals surface area (Å²) in [7, 11) is 0. The number of carbonyl (C=O) groups is 2. The Hall–Kier alpha value is -4.26. The molecule has 4 aromatic rings. The van der Waals surface area contributed by atoms with Crippen LogP contribution in [0.3, 0.4) is 0 Å². The van der Waals surface area contributed by atoms with Crippen LogP contribution in [0.4, 0.5) is 11.4 Å². The van der Waals surface area contributed by atoms with Gasteiger partial charge in [-0.1, -0.05) is 37.3 Å². The molecule has 34 heavy (non-hydrogen) atoms. The lowest BCUT2D eigenvalue weighted by atomic mass is 9.96. The van der Waals surface area contributed by atoms with E-state index in [-0.39, 0.29) is 52.8 Å². The van der Waals surface area contributed by atoms with Gasteiger partial charge in [0.1, 0.15) is 22.9 Å². The van der Waals surface area contributed by atoms with Crippen molar-refractivity contribution in [3.05, 3.63) is 82.6 Å². The molecule has 0 aliphatic rings. The highest BCUT2D eigenvalue weighted by Crippen LogP contribution is 2.36. The molecule has 0 aliphatic carbocycles. The van der Waals surface area contributed by atoms with Crippen LogP contribution in [0.1, 0.15) is 46.2 Å². The van der Waals surface area contributed by atoms with Crippen LogP contribution in [0.5, 0.6) is 11.5 Å². The molecule has 174 valence electrons. The number of aromatic hydroxyl groups is 2. The van der Waals surface area contributed by atoms with E-state index < -0.39 is 0 Å². The van der Waals surface area contributed by atoms with E-state index in [1.54, 1.807) is 6.07 Å². The summed E-state index contributed by atoms with van der Waals surface area (Å²) in [5.41, 5.74) is 13.8. The molecule has 0 bridgehead atoms. The number of aryl methyl sites for hydroxylation is 1. The molecule has 0 radical (unpaired) electrons. The zero-order chi connectivity index (χ0) is 24.4. The molecular formula is C27H26N2O5. The molecule has 1 heterocycles.